The zero-order valence-electron chi connectivity index (χ0n) is 32.7. The largest absolute Gasteiger partial charge is 0.513 e. The summed E-state index contributed by atoms with van der Waals surface area (Å²) in [6.07, 6.45) is 22.1. The maximum absolute atomic E-state index is 7.86. The van der Waals surface area contributed by atoms with Gasteiger partial charge >= 0.3 is 0 Å². The molecule has 4 fully saturated rings. The molecule has 1 heteroatoms. The van der Waals surface area contributed by atoms with Gasteiger partial charge in [0.1, 0.15) is 0 Å². The average molecular weight is 635 g/mol. The second kappa shape index (κ2) is 16.0. The van der Waals surface area contributed by atoms with Crippen LogP contribution in [-0.4, -0.2) is 5.11 Å². The molecule has 0 aromatic rings. The third-order valence-electron chi connectivity index (χ3n) is 15.4. The summed E-state index contributed by atoms with van der Waals surface area (Å²) in [6.45, 7) is 38.4. The fourth-order valence-corrected chi connectivity index (χ4v) is 12.1. The molecular formula is C45H78O. The Labute approximate surface area is 288 Å². The van der Waals surface area contributed by atoms with Crippen LogP contribution in [0.1, 0.15) is 166 Å². The minimum Gasteiger partial charge on any atom is -0.513 e. The van der Waals surface area contributed by atoms with Crippen molar-refractivity contribution in [3.05, 3.63) is 48.3 Å². The van der Waals surface area contributed by atoms with E-state index < -0.39 is 0 Å². The molecule has 1 nitrogen and oxygen atoms in total. The number of rotatable bonds is 12. The normalized spacial score (nSPS) is 37.8. The van der Waals surface area contributed by atoms with E-state index in [1.165, 1.54) is 96.0 Å². The first kappa shape index (κ1) is 39.2. The molecule has 4 saturated carbocycles. The molecule has 46 heavy (non-hydrogen) atoms. The Hall–Kier alpha value is -1.24. The molecule has 0 spiro atoms. The predicted molar refractivity (Wildman–Crippen MR) is 204 cm³/mol. The van der Waals surface area contributed by atoms with Crippen molar-refractivity contribution in [2.75, 3.05) is 0 Å². The van der Waals surface area contributed by atoms with E-state index in [1.54, 1.807) is 11.1 Å². The molecule has 0 aromatic carbocycles. The molecule has 4 aliphatic rings. The van der Waals surface area contributed by atoms with Gasteiger partial charge in [-0.25, -0.2) is 0 Å². The lowest BCUT2D eigenvalue weighted by molar-refractivity contribution is -0.181. The van der Waals surface area contributed by atoms with Crippen LogP contribution in [0.25, 0.3) is 0 Å². The summed E-state index contributed by atoms with van der Waals surface area (Å²) >= 11 is 0. The Balaban J connectivity index is 0.00000136. The van der Waals surface area contributed by atoms with Crippen molar-refractivity contribution in [1.29, 1.82) is 0 Å². The highest BCUT2D eigenvalue weighted by molar-refractivity contribution is 5.33. The molecular weight excluding hydrogens is 556 g/mol. The van der Waals surface area contributed by atoms with E-state index in [1.807, 2.05) is 0 Å². The van der Waals surface area contributed by atoms with E-state index in [9.17, 15) is 0 Å². The van der Waals surface area contributed by atoms with Crippen molar-refractivity contribution >= 4 is 0 Å². The molecule has 0 saturated heterocycles. The highest BCUT2D eigenvalue weighted by Gasteiger charge is 2.65. The average Bonchev–Trinajstić information content (AvgIpc) is 3.32. The highest BCUT2D eigenvalue weighted by Crippen LogP contribution is 2.73. The first-order valence-corrected chi connectivity index (χ1v) is 19.7. The molecule has 4 aliphatic carbocycles. The fourth-order valence-electron chi connectivity index (χ4n) is 12.1. The van der Waals surface area contributed by atoms with Crippen LogP contribution in [0.5, 0.6) is 0 Å². The molecule has 11 unspecified atom stereocenters. The zero-order chi connectivity index (χ0) is 34.6. The van der Waals surface area contributed by atoms with Gasteiger partial charge in [-0.05, 0) is 166 Å². The molecule has 0 aromatic heterocycles. The van der Waals surface area contributed by atoms with Gasteiger partial charge in [0.2, 0.25) is 0 Å². The third-order valence-corrected chi connectivity index (χ3v) is 15.4. The molecule has 0 aliphatic heterocycles. The van der Waals surface area contributed by atoms with Crippen molar-refractivity contribution in [2.24, 2.45) is 69.5 Å². The minimum atomic E-state index is 0.167. The fraction of sp³-hybridized carbons (Fsp3) is 0.822. The second-order valence-electron chi connectivity index (χ2n) is 18.6. The van der Waals surface area contributed by atoms with E-state index in [4.69, 9.17) is 5.11 Å². The summed E-state index contributed by atoms with van der Waals surface area (Å²) in [7, 11) is 0. The summed E-state index contributed by atoms with van der Waals surface area (Å²) in [5, 5.41) is 7.86. The molecule has 1 N–H and O–H groups in total. The van der Waals surface area contributed by atoms with Gasteiger partial charge in [-0.15, -0.1) is 6.58 Å². The quantitative estimate of drug-likeness (QED) is 0.129. The Morgan fingerprint density at radius 1 is 0.826 bits per heavy atom. The molecule has 4 rings (SSSR count). The topological polar surface area (TPSA) is 20.2 Å². The first-order chi connectivity index (χ1) is 21.4. The lowest BCUT2D eigenvalue weighted by atomic mass is 9.38. The van der Waals surface area contributed by atoms with Gasteiger partial charge in [-0.3, -0.25) is 0 Å². The molecule has 11 atom stereocenters. The standard InChI is InChI=1S/C42H72.C3H6O/c1-13-15-30(6)32(8)33(9)36(29(4)5)27-34-22-23-41(11)35(26-34)18-19-39-38-21-20-37(31(7)17-14-16-28(2)3)40(38,10)24-25-42(39,41)12;1-3(2)4/h13,28,30-32,34-35,37-39H,1,4,14-27H2,2-3,5-12H3;4H,1H2,2H3/b36-33-;. The van der Waals surface area contributed by atoms with Gasteiger partial charge in [0.05, 0.1) is 5.76 Å². The molecule has 264 valence electrons. The number of hydrogen-bond donors (Lipinski definition) is 1. The van der Waals surface area contributed by atoms with Crippen molar-refractivity contribution in [3.63, 3.8) is 0 Å². The number of fused-ring (bicyclic) bond motifs is 5. The third kappa shape index (κ3) is 8.13. The number of aliphatic hydroxyl groups is 1. The smallest absolute Gasteiger partial charge is 0.0820 e. The monoisotopic (exact) mass is 635 g/mol. The van der Waals surface area contributed by atoms with Crippen LogP contribution in [-0.2, 0) is 0 Å². The summed E-state index contributed by atoms with van der Waals surface area (Å²) in [5.74, 6) is 7.83. The Morgan fingerprint density at radius 2 is 1.46 bits per heavy atom. The Kier molecular flexibility index (Phi) is 13.6. The maximum atomic E-state index is 7.86. The van der Waals surface area contributed by atoms with Crippen molar-refractivity contribution in [2.45, 2.75) is 166 Å². The number of hydrogen-bond acceptors (Lipinski definition) is 1. The summed E-state index contributed by atoms with van der Waals surface area (Å²) in [6, 6.07) is 0. The molecule has 0 heterocycles. The van der Waals surface area contributed by atoms with Gasteiger partial charge in [0.15, 0.2) is 0 Å². The second-order valence-corrected chi connectivity index (χ2v) is 18.6. The van der Waals surface area contributed by atoms with Crippen LogP contribution in [0.15, 0.2) is 48.3 Å². The van der Waals surface area contributed by atoms with Crippen LogP contribution in [0.3, 0.4) is 0 Å². The number of aliphatic hydroxyl groups excluding tert-OH is 1. The van der Waals surface area contributed by atoms with Gasteiger partial charge < -0.3 is 5.11 Å². The molecule has 0 amide bonds. The molecule has 0 bridgehead atoms. The van der Waals surface area contributed by atoms with E-state index in [0.717, 1.165) is 47.8 Å². The van der Waals surface area contributed by atoms with Gasteiger partial charge in [-0.1, -0.05) is 105 Å². The van der Waals surface area contributed by atoms with E-state index in [2.05, 4.69) is 95.1 Å². The predicted octanol–water partition coefficient (Wildman–Crippen LogP) is 14.3. The van der Waals surface area contributed by atoms with Crippen molar-refractivity contribution < 1.29 is 5.11 Å². The van der Waals surface area contributed by atoms with Crippen LogP contribution >= 0.6 is 0 Å². The van der Waals surface area contributed by atoms with E-state index in [0.29, 0.717) is 28.1 Å². The van der Waals surface area contributed by atoms with Gasteiger partial charge in [0.25, 0.3) is 0 Å². The van der Waals surface area contributed by atoms with Crippen molar-refractivity contribution in [1.82, 2.24) is 0 Å². The van der Waals surface area contributed by atoms with E-state index >= 15 is 0 Å². The highest BCUT2D eigenvalue weighted by atomic mass is 16.3. The summed E-state index contributed by atoms with van der Waals surface area (Å²) < 4.78 is 0. The van der Waals surface area contributed by atoms with Crippen molar-refractivity contribution in [3.8, 4) is 0 Å². The van der Waals surface area contributed by atoms with Crippen LogP contribution in [0.2, 0.25) is 0 Å². The zero-order valence-corrected chi connectivity index (χ0v) is 32.7. The number of allylic oxidation sites excluding steroid dienone is 5. The van der Waals surface area contributed by atoms with Crippen LogP contribution in [0.4, 0.5) is 0 Å². The summed E-state index contributed by atoms with van der Waals surface area (Å²) in [5.41, 5.74) is 6.18. The maximum Gasteiger partial charge on any atom is 0.0820 e. The Morgan fingerprint density at radius 3 is 2.04 bits per heavy atom. The summed E-state index contributed by atoms with van der Waals surface area (Å²) in [4.78, 5) is 0. The van der Waals surface area contributed by atoms with Crippen LogP contribution < -0.4 is 0 Å². The Bertz CT molecular complexity index is 1070. The lowest BCUT2D eigenvalue weighted by Crippen LogP contribution is -2.59. The van der Waals surface area contributed by atoms with Gasteiger partial charge in [-0.2, -0.15) is 0 Å². The minimum absolute atomic E-state index is 0.167. The van der Waals surface area contributed by atoms with Crippen LogP contribution in [0, 0.1) is 69.5 Å². The van der Waals surface area contributed by atoms with Gasteiger partial charge in [0, 0.05) is 0 Å². The van der Waals surface area contributed by atoms with E-state index in [-0.39, 0.29) is 5.76 Å². The SMILES string of the molecule is C=C(C)O.C=CCC(C)C(C)/C(C)=C(/CC1CCC2(C)C(CCC3C4CCC(C(C)CCCC(C)C)C4(C)CCC32C)C1)C(=C)C. The molecule has 0 radical (unpaired) electrons. The lowest BCUT2D eigenvalue weighted by Gasteiger charge is -2.67. The first-order valence-electron chi connectivity index (χ1n) is 19.7.